The Labute approximate surface area is 112 Å². The van der Waals surface area contributed by atoms with Gasteiger partial charge < -0.3 is 10.2 Å². The Morgan fingerprint density at radius 1 is 1.37 bits per heavy atom. The van der Waals surface area contributed by atoms with E-state index in [-0.39, 0.29) is 17.8 Å². The number of rotatable bonds is 7. The highest BCUT2D eigenvalue weighted by molar-refractivity contribution is 5.88. The van der Waals surface area contributed by atoms with Gasteiger partial charge in [0.2, 0.25) is 0 Å². The van der Waals surface area contributed by atoms with E-state index in [9.17, 15) is 14.7 Å². The van der Waals surface area contributed by atoms with Crippen LogP contribution in [0.1, 0.15) is 20.3 Å². The fourth-order valence-electron chi connectivity index (χ4n) is 0.572. The molecule has 0 saturated carbocycles. The van der Waals surface area contributed by atoms with Gasteiger partial charge in [0.05, 0.1) is 11.7 Å². The van der Waals surface area contributed by atoms with Crippen molar-refractivity contribution in [1.29, 1.82) is 0 Å². The second-order valence-electron chi connectivity index (χ2n) is 3.48. The van der Waals surface area contributed by atoms with Gasteiger partial charge in [0.25, 0.3) is 0 Å². The van der Waals surface area contributed by atoms with E-state index in [2.05, 4.69) is 29.5 Å². The molecule has 0 rings (SSSR count). The summed E-state index contributed by atoms with van der Waals surface area (Å²) < 4.78 is 0. The lowest BCUT2D eigenvalue weighted by atomic mass is 10.1. The molecular formula is C13H20O6. The number of hydrogen-bond acceptors (Lipinski definition) is 5. The minimum atomic E-state index is -0.935. The zero-order chi connectivity index (χ0) is 15.4. The summed E-state index contributed by atoms with van der Waals surface area (Å²) in [5, 5.41) is 17.1. The molecule has 0 aromatic heterocycles. The molecule has 0 saturated heterocycles. The SMILES string of the molecule is C=C(C)C(=O)O.C=CCOOC(=O)C(=C)C(O)CC. The maximum Gasteiger partial charge on any atom is 0.371 e. The molecule has 1 unspecified atom stereocenters. The van der Waals surface area contributed by atoms with Crippen molar-refractivity contribution in [1.82, 2.24) is 0 Å². The van der Waals surface area contributed by atoms with E-state index in [1.54, 1.807) is 6.92 Å². The molecule has 6 heteroatoms. The van der Waals surface area contributed by atoms with Crippen LogP contribution < -0.4 is 0 Å². The summed E-state index contributed by atoms with van der Waals surface area (Å²) in [6, 6.07) is 0. The molecule has 0 aromatic rings. The lowest BCUT2D eigenvalue weighted by Crippen LogP contribution is -2.18. The number of hydrogen-bond donors (Lipinski definition) is 2. The van der Waals surface area contributed by atoms with Crippen LogP contribution in [0, 0.1) is 0 Å². The van der Waals surface area contributed by atoms with Gasteiger partial charge in [0, 0.05) is 5.57 Å². The summed E-state index contributed by atoms with van der Waals surface area (Å²) in [7, 11) is 0. The molecule has 0 aliphatic heterocycles. The Kier molecular flexibility index (Phi) is 11.4. The molecule has 0 amide bonds. The highest BCUT2D eigenvalue weighted by Crippen LogP contribution is 2.05. The van der Waals surface area contributed by atoms with Crippen LogP contribution in [0.4, 0.5) is 0 Å². The monoisotopic (exact) mass is 272 g/mol. The van der Waals surface area contributed by atoms with Gasteiger partial charge in [-0.25, -0.2) is 9.59 Å². The first kappa shape index (κ1) is 19.4. The van der Waals surface area contributed by atoms with E-state index < -0.39 is 18.0 Å². The predicted octanol–water partition coefficient (Wildman–Crippen LogP) is 1.62. The summed E-state index contributed by atoms with van der Waals surface area (Å²) >= 11 is 0. The molecule has 0 aliphatic carbocycles. The zero-order valence-corrected chi connectivity index (χ0v) is 11.2. The van der Waals surface area contributed by atoms with Crippen molar-refractivity contribution >= 4 is 11.9 Å². The van der Waals surface area contributed by atoms with E-state index in [1.807, 2.05) is 0 Å². The third-order valence-electron chi connectivity index (χ3n) is 1.74. The van der Waals surface area contributed by atoms with Crippen molar-refractivity contribution in [2.24, 2.45) is 0 Å². The van der Waals surface area contributed by atoms with Crippen molar-refractivity contribution in [3.63, 3.8) is 0 Å². The van der Waals surface area contributed by atoms with Gasteiger partial charge in [-0.3, -0.25) is 4.89 Å². The third-order valence-corrected chi connectivity index (χ3v) is 1.74. The summed E-state index contributed by atoms with van der Waals surface area (Å²) in [6.07, 6.45) is 0.974. The molecule has 0 aliphatic rings. The van der Waals surface area contributed by atoms with E-state index in [0.717, 1.165) is 0 Å². The largest absolute Gasteiger partial charge is 0.478 e. The van der Waals surface area contributed by atoms with E-state index >= 15 is 0 Å². The molecule has 0 aromatic carbocycles. The van der Waals surface area contributed by atoms with Crippen molar-refractivity contribution in [3.8, 4) is 0 Å². The van der Waals surface area contributed by atoms with Crippen molar-refractivity contribution < 1.29 is 29.6 Å². The van der Waals surface area contributed by atoms with Crippen LogP contribution in [0.25, 0.3) is 0 Å². The van der Waals surface area contributed by atoms with Crippen molar-refractivity contribution in [2.75, 3.05) is 6.61 Å². The summed E-state index contributed by atoms with van der Waals surface area (Å²) in [4.78, 5) is 29.3. The Morgan fingerprint density at radius 3 is 2.16 bits per heavy atom. The third kappa shape index (κ3) is 10.9. The average molecular weight is 272 g/mol. The number of carbonyl (C=O) groups is 2. The minimum Gasteiger partial charge on any atom is -0.478 e. The Morgan fingerprint density at radius 2 is 1.84 bits per heavy atom. The molecule has 1 atom stereocenters. The lowest BCUT2D eigenvalue weighted by molar-refractivity contribution is -0.262. The molecule has 0 spiro atoms. The molecule has 6 nitrogen and oxygen atoms in total. The zero-order valence-electron chi connectivity index (χ0n) is 11.2. The number of carboxylic acid groups (broad SMARTS) is 1. The van der Waals surface area contributed by atoms with E-state index in [0.29, 0.717) is 6.42 Å². The summed E-state index contributed by atoms with van der Waals surface area (Å²) in [6.45, 7) is 13.2. The van der Waals surface area contributed by atoms with Gasteiger partial charge >= 0.3 is 11.9 Å². The number of aliphatic carboxylic acids is 1. The number of aliphatic hydroxyl groups excluding tert-OH is 1. The normalized spacial score (nSPS) is 10.5. The number of carbonyl (C=O) groups excluding carboxylic acids is 1. The molecule has 2 N–H and O–H groups in total. The van der Waals surface area contributed by atoms with Crippen LogP contribution in [-0.4, -0.2) is 34.9 Å². The first-order chi connectivity index (χ1) is 8.77. The van der Waals surface area contributed by atoms with E-state index in [1.165, 1.54) is 13.0 Å². The van der Waals surface area contributed by atoms with Crippen LogP contribution >= 0.6 is 0 Å². The molecule has 108 valence electrons. The van der Waals surface area contributed by atoms with Crippen LogP contribution in [0.2, 0.25) is 0 Å². The van der Waals surface area contributed by atoms with Crippen LogP contribution in [-0.2, 0) is 19.4 Å². The Bertz CT molecular complexity index is 333. The van der Waals surface area contributed by atoms with Gasteiger partial charge in [-0.15, -0.1) is 6.58 Å². The van der Waals surface area contributed by atoms with E-state index in [4.69, 9.17) is 5.11 Å². The fourth-order valence-corrected chi connectivity index (χ4v) is 0.572. The van der Waals surface area contributed by atoms with Crippen LogP contribution in [0.5, 0.6) is 0 Å². The Hall–Kier alpha value is -1.92. The van der Waals surface area contributed by atoms with Crippen LogP contribution in [0.15, 0.2) is 37.0 Å². The molecule has 19 heavy (non-hydrogen) atoms. The fraction of sp³-hybridized carbons (Fsp3) is 0.385. The average Bonchev–Trinajstić information content (AvgIpc) is 2.37. The first-order valence-electron chi connectivity index (χ1n) is 5.48. The van der Waals surface area contributed by atoms with Gasteiger partial charge in [-0.05, 0) is 13.3 Å². The highest BCUT2D eigenvalue weighted by atomic mass is 17.2. The summed E-state index contributed by atoms with van der Waals surface area (Å²) in [5.41, 5.74) is 0.168. The van der Waals surface area contributed by atoms with Gasteiger partial charge in [-0.2, -0.15) is 4.89 Å². The van der Waals surface area contributed by atoms with Crippen molar-refractivity contribution in [2.45, 2.75) is 26.4 Å². The number of carboxylic acids is 1. The summed E-state index contributed by atoms with van der Waals surface area (Å²) in [5.74, 6) is -1.69. The second kappa shape index (κ2) is 11.2. The quantitative estimate of drug-likeness (QED) is 0.240. The lowest BCUT2D eigenvalue weighted by Gasteiger charge is -2.08. The molecule has 0 heterocycles. The standard InChI is InChI=1S/C9H14O4.C4H6O2/c1-4-6-12-13-9(11)7(3)8(10)5-2;1-3(2)4(5)6/h4,8,10H,1,3,5-6H2,2H3;1H2,2H3,(H,5,6). The topological polar surface area (TPSA) is 93.1 Å². The van der Waals surface area contributed by atoms with Gasteiger partial charge in [0.1, 0.15) is 6.61 Å². The maximum absolute atomic E-state index is 11.0. The maximum atomic E-state index is 11.0. The van der Waals surface area contributed by atoms with Gasteiger partial charge in [-0.1, -0.05) is 26.2 Å². The smallest absolute Gasteiger partial charge is 0.371 e. The molecular weight excluding hydrogens is 252 g/mol. The molecule has 0 bridgehead atoms. The molecule has 0 radical (unpaired) electrons. The number of aliphatic hydroxyl groups is 1. The van der Waals surface area contributed by atoms with Crippen LogP contribution in [0.3, 0.4) is 0 Å². The van der Waals surface area contributed by atoms with Gasteiger partial charge in [0.15, 0.2) is 0 Å². The first-order valence-corrected chi connectivity index (χ1v) is 5.48. The predicted molar refractivity (Wildman–Crippen MR) is 70.1 cm³/mol. The highest BCUT2D eigenvalue weighted by Gasteiger charge is 2.16. The minimum absolute atomic E-state index is 0.00781. The second-order valence-corrected chi connectivity index (χ2v) is 3.48. The van der Waals surface area contributed by atoms with Crippen molar-refractivity contribution in [3.05, 3.63) is 37.0 Å². The molecule has 0 fully saturated rings. The Balaban J connectivity index is 0.